The van der Waals surface area contributed by atoms with Gasteiger partial charge in [0, 0.05) is 45.0 Å². The predicted molar refractivity (Wildman–Crippen MR) is 161 cm³/mol. The van der Waals surface area contributed by atoms with Crippen LogP contribution in [0.2, 0.25) is 0 Å². The van der Waals surface area contributed by atoms with Crippen LogP contribution in [0.1, 0.15) is 52.9 Å². The average molecular weight is 601 g/mol. The third-order valence-electron chi connectivity index (χ3n) is 9.92. The fourth-order valence-corrected chi connectivity index (χ4v) is 7.71. The lowest BCUT2D eigenvalue weighted by Crippen LogP contribution is -2.56. The van der Waals surface area contributed by atoms with Gasteiger partial charge in [-0.3, -0.25) is 19.3 Å². The highest BCUT2D eigenvalue weighted by atomic mass is 16.5. The van der Waals surface area contributed by atoms with Crippen molar-refractivity contribution < 1.29 is 33.7 Å². The van der Waals surface area contributed by atoms with Crippen molar-refractivity contribution in [2.45, 2.75) is 70.1 Å². The zero-order valence-corrected chi connectivity index (χ0v) is 25.8. The number of anilines is 1. The van der Waals surface area contributed by atoms with Crippen molar-refractivity contribution >= 4 is 23.4 Å². The van der Waals surface area contributed by atoms with Crippen molar-refractivity contribution in [3.8, 4) is 5.75 Å². The third-order valence-corrected chi connectivity index (χ3v) is 9.92. The number of aliphatic hydroxyl groups is 1. The third kappa shape index (κ3) is 6.14. The number of fused-ring (bicyclic) bond motifs is 1. The van der Waals surface area contributed by atoms with Crippen molar-refractivity contribution in [1.82, 2.24) is 15.1 Å². The number of likely N-dealkylation sites (tertiary alicyclic amines) is 1. The van der Waals surface area contributed by atoms with Crippen LogP contribution < -0.4 is 15.4 Å². The van der Waals surface area contributed by atoms with Gasteiger partial charge in [-0.05, 0) is 63.3 Å². The summed E-state index contributed by atoms with van der Waals surface area (Å²) in [6.45, 7) is 11.2. The lowest BCUT2D eigenvalue weighted by Gasteiger charge is -2.36. The topological polar surface area (TPSA) is 130 Å². The van der Waals surface area contributed by atoms with E-state index in [9.17, 15) is 19.5 Å². The van der Waals surface area contributed by atoms with Crippen LogP contribution in [0.5, 0.6) is 5.75 Å². The van der Waals surface area contributed by atoms with Gasteiger partial charge in [-0.15, -0.1) is 0 Å². The normalized spacial score (nSPS) is 31.7. The Kier molecular flexibility index (Phi) is 9.95. The zero-order chi connectivity index (χ0) is 30.6. The maximum absolute atomic E-state index is 14.3. The molecular formula is C32H48N4O7. The summed E-state index contributed by atoms with van der Waals surface area (Å²) in [5.41, 5.74) is -1.33. The second-order valence-electron chi connectivity index (χ2n) is 12.6. The van der Waals surface area contributed by atoms with E-state index in [1.165, 1.54) is 0 Å². The van der Waals surface area contributed by atoms with Gasteiger partial charge in [-0.2, -0.15) is 0 Å². The highest BCUT2D eigenvalue weighted by molar-refractivity contribution is 6.02. The fraction of sp³-hybridized carbons (Fsp3) is 0.719. The number of nitrogens with zero attached hydrogens (tertiary/aromatic N) is 2. The van der Waals surface area contributed by atoms with Crippen LogP contribution in [0.3, 0.4) is 0 Å². The largest absolute Gasteiger partial charge is 0.494 e. The number of carbonyl (C=O) groups is 3. The second kappa shape index (κ2) is 13.5. The second-order valence-corrected chi connectivity index (χ2v) is 12.6. The summed E-state index contributed by atoms with van der Waals surface area (Å²) >= 11 is 0. The number of rotatable bonds is 14. The van der Waals surface area contributed by atoms with E-state index in [-0.39, 0.29) is 30.2 Å². The molecule has 4 saturated heterocycles. The molecule has 3 unspecified atom stereocenters. The molecule has 11 nitrogen and oxygen atoms in total. The average Bonchev–Trinajstić information content (AvgIpc) is 3.51. The molecule has 43 heavy (non-hydrogen) atoms. The van der Waals surface area contributed by atoms with Crippen molar-refractivity contribution in [1.29, 1.82) is 0 Å². The molecule has 3 N–H and O–H groups in total. The monoisotopic (exact) mass is 600 g/mol. The number of ether oxygens (including phenoxy) is 3. The number of hydrogen-bond donors (Lipinski definition) is 3. The Morgan fingerprint density at radius 3 is 2.49 bits per heavy atom. The molecular weight excluding hydrogens is 552 g/mol. The summed E-state index contributed by atoms with van der Waals surface area (Å²) in [6.07, 6.45) is 3.64. The Labute approximate surface area is 254 Å². The Bertz CT molecular complexity index is 1140. The molecule has 3 amide bonds. The molecule has 238 valence electrons. The van der Waals surface area contributed by atoms with E-state index in [1.807, 2.05) is 13.8 Å². The molecule has 1 spiro atoms. The molecule has 0 aliphatic carbocycles. The van der Waals surface area contributed by atoms with Gasteiger partial charge in [-0.1, -0.05) is 19.8 Å². The molecule has 2 bridgehead atoms. The molecule has 4 heterocycles. The molecule has 11 heteroatoms. The summed E-state index contributed by atoms with van der Waals surface area (Å²) in [4.78, 5) is 46.2. The zero-order valence-electron chi connectivity index (χ0n) is 25.8. The van der Waals surface area contributed by atoms with Crippen LogP contribution in [-0.4, -0.2) is 109 Å². The first kappa shape index (κ1) is 31.7. The number of morpholine rings is 1. The SMILES string of the molecule is CCOc1ccc(NC(=O)[C@H]2[C@H]3C(=O)N(CCCCCCO)C(C(=O)NCCN4CCOCC4)C34CC(C)[C@]2(C)O4)cc1. The van der Waals surface area contributed by atoms with Gasteiger partial charge in [0.2, 0.25) is 17.7 Å². The minimum Gasteiger partial charge on any atom is -0.494 e. The molecule has 6 atom stereocenters. The standard InChI is InChI=1S/C32H48N4O7/c1-4-42-24-11-9-23(10-12-24)34-28(38)25-26-30(40)36(14-7-5-6-8-18-37)27(32(26)21-22(2)31(25,3)43-32)29(39)33-13-15-35-16-19-41-20-17-35/h9-12,22,25-27,37H,4-8,13-21H2,1-3H3,(H,33,39)(H,34,38)/t22?,25-,26+,27?,31+,32?/m1/s1. The number of hydrogen-bond acceptors (Lipinski definition) is 8. The van der Waals surface area contributed by atoms with Crippen molar-refractivity contribution in [3.63, 3.8) is 0 Å². The molecule has 4 fully saturated rings. The van der Waals surface area contributed by atoms with E-state index in [0.29, 0.717) is 70.2 Å². The van der Waals surface area contributed by atoms with E-state index in [0.717, 1.165) is 25.9 Å². The fourth-order valence-electron chi connectivity index (χ4n) is 7.71. The van der Waals surface area contributed by atoms with Crippen LogP contribution in [-0.2, 0) is 23.9 Å². The Hall–Kier alpha value is -2.73. The molecule has 1 aromatic carbocycles. The van der Waals surface area contributed by atoms with E-state index >= 15 is 0 Å². The number of unbranched alkanes of at least 4 members (excludes halogenated alkanes) is 3. The Balaban J connectivity index is 1.37. The number of nitrogens with one attached hydrogen (secondary N) is 2. The van der Waals surface area contributed by atoms with Crippen LogP contribution in [0.4, 0.5) is 5.69 Å². The van der Waals surface area contributed by atoms with Crippen LogP contribution in [0.15, 0.2) is 24.3 Å². The van der Waals surface area contributed by atoms with Gasteiger partial charge in [0.1, 0.15) is 17.4 Å². The van der Waals surface area contributed by atoms with Crippen molar-refractivity contribution in [3.05, 3.63) is 24.3 Å². The van der Waals surface area contributed by atoms with Crippen LogP contribution in [0, 0.1) is 17.8 Å². The number of benzene rings is 1. The molecule has 5 rings (SSSR count). The van der Waals surface area contributed by atoms with Crippen molar-refractivity contribution in [2.24, 2.45) is 17.8 Å². The van der Waals surface area contributed by atoms with Gasteiger partial charge in [0.25, 0.3) is 0 Å². The molecule has 1 aromatic rings. The summed E-state index contributed by atoms with van der Waals surface area (Å²) in [6, 6.07) is 6.38. The minimum atomic E-state index is -1.07. The van der Waals surface area contributed by atoms with Crippen LogP contribution in [0.25, 0.3) is 0 Å². The predicted octanol–water partition coefficient (Wildman–Crippen LogP) is 2.04. The summed E-state index contributed by atoms with van der Waals surface area (Å²) in [5, 5.41) is 15.3. The molecule has 0 radical (unpaired) electrons. The maximum atomic E-state index is 14.3. The number of amides is 3. The smallest absolute Gasteiger partial charge is 0.245 e. The van der Waals surface area contributed by atoms with Gasteiger partial charge < -0.3 is 34.9 Å². The van der Waals surface area contributed by atoms with Crippen molar-refractivity contribution in [2.75, 3.05) is 64.5 Å². The number of aliphatic hydroxyl groups excluding tert-OH is 1. The highest BCUT2D eigenvalue weighted by Crippen LogP contribution is 2.65. The molecule has 0 aromatic heterocycles. The van der Waals surface area contributed by atoms with E-state index in [1.54, 1.807) is 29.2 Å². The maximum Gasteiger partial charge on any atom is 0.245 e. The first-order valence-corrected chi connectivity index (χ1v) is 16.0. The summed E-state index contributed by atoms with van der Waals surface area (Å²) < 4.78 is 17.8. The number of carbonyl (C=O) groups excluding carboxylic acids is 3. The lowest BCUT2D eigenvalue weighted by molar-refractivity contribution is -0.146. The van der Waals surface area contributed by atoms with Gasteiger partial charge in [-0.25, -0.2) is 0 Å². The molecule has 4 aliphatic rings. The van der Waals surface area contributed by atoms with E-state index < -0.39 is 29.1 Å². The Morgan fingerprint density at radius 2 is 1.79 bits per heavy atom. The first-order chi connectivity index (χ1) is 20.7. The minimum absolute atomic E-state index is 0.0271. The quantitative estimate of drug-likeness (QED) is 0.277. The van der Waals surface area contributed by atoms with Gasteiger partial charge >= 0.3 is 0 Å². The lowest BCUT2D eigenvalue weighted by atomic mass is 9.62. The van der Waals surface area contributed by atoms with E-state index in [4.69, 9.17) is 14.2 Å². The Morgan fingerprint density at radius 1 is 1.07 bits per heavy atom. The summed E-state index contributed by atoms with van der Waals surface area (Å²) in [5.74, 6) is -1.47. The van der Waals surface area contributed by atoms with Gasteiger partial charge in [0.05, 0.1) is 37.3 Å². The van der Waals surface area contributed by atoms with Crippen LogP contribution >= 0.6 is 0 Å². The highest BCUT2D eigenvalue weighted by Gasteiger charge is 2.79. The van der Waals surface area contributed by atoms with Gasteiger partial charge in [0.15, 0.2) is 0 Å². The first-order valence-electron chi connectivity index (χ1n) is 16.0. The molecule has 0 saturated carbocycles. The summed E-state index contributed by atoms with van der Waals surface area (Å²) in [7, 11) is 0. The van der Waals surface area contributed by atoms with E-state index in [2.05, 4.69) is 22.5 Å². The molecule has 4 aliphatic heterocycles.